The van der Waals surface area contributed by atoms with Gasteiger partial charge in [-0.15, -0.1) is 0 Å². The second-order valence-electron chi connectivity index (χ2n) is 9.08. The molecule has 4 aromatic rings. The van der Waals surface area contributed by atoms with Gasteiger partial charge in [0, 0.05) is 12.0 Å². The molecule has 0 aliphatic carbocycles. The normalized spacial score (nSPS) is 14.1. The summed E-state index contributed by atoms with van der Waals surface area (Å²) in [7, 11) is 6.22. The molecule has 3 aromatic carbocycles. The molecule has 1 amide bonds. The second-order valence-corrected chi connectivity index (χ2v) is 10.1. The van der Waals surface area contributed by atoms with Crippen molar-refractivity contribution >= 4 is 38.3 Å². The quantitative estimate of drug-likeness (QED) is 0.223. The lowest BCUT2D eigenvalue weighted by molar-refractivity contribution is -0.118. The summed E-state index contributed by atoms with van der Waals surface area (Å²) in [4.78, 5) is 23.0. The number of hydrogen-bond acceptors (Lipinski definition) is 11. The number of fused-ring (bicyclic) bond motifs is 1. The third-order valence-electron chi connectivity index (χ3n) is 6.50. The van der Waals surface area contributed by atoms with Crippen molar-refractivity contribution in [2.75, 3.05) is 47.0 Å². The Hall–Kier alpha value is -4.71. The largest absolute Gasteiger partial charge is 0.494 e. The molecule has 12 heteroatoms. The Kier molecular flexibility index (Phi) is 8.82. The summed E-state index contributed by atoms with van der Waals surface area (Å²) < 4.78 is 34.1. The number of hydrogen-bond donors (Lipinski definition) is 1. The van der Waals surface area contributed by atoms with Crippen LogP contribution in [0.5, 0.6) is 34.5 Å². The number of amides is 1. The topological polar surface area (TPSA) is 119 Å². The minimum Gasteiger partial charge on any atom is -0.494 e. The number of nitrogens with one attached hydrogen (secondary N) is 1. The lowest BCUT2D eigenvalue weighted by Gasteiger charge is -2.15. The Morgan fingerprint density at radius 2 is 1.69 bits per heavy atom. The van der Waals surface area contributed by atoms with Gasteiger partial charge in [-0.2, -0.15) is 0 Å². The smallest absolute Gasteiger partial charge is 0.264 e. The Labute approximate surface area is 246 Å². The van der Waals surface area contributed by atoms with Crippen molar-refractivity contribution in [2.45, 2.75) is 19.4 Å². The number of methoxy groups -OCH3 is 4. The minimum atomic E-state index is -0.370. The zero-order valence-corrected chi connectivity index (χ0v) is 24.7. The molecule has 11 nitrogen and oxygen atoms in total. The van der Waals surface area contributed by atoms with E-state index < -0.39 is 0 Å². The van der Waals surface area contributed by atoms with Gasteiger partial charge in [-0.3, -0.25) is 10.1 Å². The first kappa shape index (κ1) is 28.8. The number of rotatable bonds is 12. The number of nitrogens with zero attached hydrogens (tertiary/aromatic N) is 2. The Bertz CT molecular complexity index is 1590. The molecule has 1 aromatic heterocycles. The molecule has 0 saturated heterocycles. The molecule has 5 rings (SSSR count). The first-order valence-corrected chi connectivity index (χ1v) is 13.9. The van der Waals surface area contributed by atoms with Crippen LogP contribution in [0.25, 0.3) is 10.2 Å². The number of carbonyl (C=O) groups excluding carboxylic acids is 1. The van der Waals surface area contributed by atoms with Crippen LogP contribution in [0, 0.1) is 0 Å². The number of aromatic nitrogens is 1. The SMILES string of the molecule is CCOc1ccc2nc(NC(=O)COc3cc(C4CC(c5cc(OC)c(OC)c(OC)c5)=NO4)ccc3OC)sc2c1. The summed E-state index contributed by atoms with van der Waals surface area (Å²) >= 11 is 1.36. The average molecular weight is 594 g/mol. The average Bonchev–Trinajstić information content (AvgIpc) is 3.66. The van der Waals surface area contributed by atoms with E-state index in [1.807, 2.05) is 43.3 Å². The molecule has 0 fully saturated rings. The maximum absolute atomic E-state index is 12.7. The zero-order valence-electron chi connectivity index (χ0n) is 23.9. The molecule has 1 aliphatic heterocycles. The van der Waals surface area contributed by atoms with Crippen LogP contribution < -0.4 is 33.7 Å². The fourth-order valence-corrected chi connectivity index (χ4v) is 5.40. The lowest BCUT2D eigenvalue weighted by Crippen LogP contribution is -2.20. The van der Waals surface area contributed by atoms with Gasteiger partial charge in [0.1, 0.15) is 5.75 Å². The van der Waals surface area contributed by atoms with Crippen LogP contribution in [-0.2, 0) is 9.63 Å². The van der Waals surface area contributed by atoms with Gasteiger partial charge in [0.2, 0.25) is 5.75 Å². The van der Waals surface area contributed by atoms with Gasteiger partial charge in [-0.25, -0.2) is 4.98 Å². The maximum Gasteiger partial charge on any atom is 0.264 e. The van der Waals surface area contributed by atoms with Gasteiger partial charge in [0.05, 0.1) is 51.0 Å². The highest BCUT2D eigenvalue weighted by atomic mass is 32.1. The summed E-state index contributed by atoms with van der Waals surface area (Å²) in [6, 6.07) is 14.7. The molecule has 0 radical (unpaired) electrons. The molecule has 2 heterocycles. The van der Waals surface area contributed by atoms with Crippen LogP contribution >= 0.6 is 11.3 Å². The molecule has 1 aliphatic rings. The molecule has 1 N–H and O–H groups in total. The highest BCUT2D eigenvalue weighted by Gasteiger charge is 2.27. The molecule has 0 bridgehead atoms. The molecule has 1 atom stereocenters. The summed E-state index contributed by atoms with van der Waals surface area (Å²) in [5.41, 5.74) is 3.10. The van der Waals surface area contributed by atoms with Crippen molar-refractivity contribution < 1.29 is 38.1 Å². The van der Waals surface area contributed by atoms with Crippen molar-refractivity contribution in [3.8, 4) is 34.5 Å². The van der Waals surface area contributed by atoms with E-state index in [0.29, 0.717) is 46.9 Å². The number of oxime groups is 1. The van der Waals surface area contributed by atoms with Gasteiger partial charge in [-0.05, 0) is 55.0 Å². The standard InChI is InChI=1S/C30H31N3O8S/c1-6-39-19-8-9-20-27(14-19)42-30(31-20)32-28(34)16-40-24-11-17(7-10-22(24)35-2)23-15-21(33-41-23)18-12-25(36-3)29(38-5)26(13-18)37-4/h7-14,23H,6,15-16H2,1-5H3,(H,31,32,34). The van der Waals surface area contributed by atoms with E-state index in [4.69, 9.17) is 33.3 Å². The van der Waals surface area contributed by atoms with E-state index in [0.717, 1.165) is 32.8 Å². The van der Waals surface area contributed by atoms with Crippen LogP contribution in [-0.4, -0.2) is 58.3 Å². The summed E-state index contributed by atoms with van der Waals surface area (Å²) in [5, 5.41) is 7.59. The predicted molar refractivity (Wildman–Crippen MR) is 159 cm³/mol. The monoisotopic (exact) mass is 593 g/mol. The van der Waals surface area contributed by atoms with E-state index >= 15 is 0 Å². The Morgan fingerprint density at radius 3 is 2.38 bits per heavy atom. The van der Waals surface area contributed by atoms with Crippen molar-refractivity contribution in [3.05, 3.63) is 59.7 Å². The van der Waals surface area contributed by atoms with Crippen molar-refractivity contribution in [1.29, 1.82) is 0 Å². The first-order valence-electron chi connectivity index (χ1n) is 13.1. The lowest BCUT2D eigenvalue weighted by atomic mass is 9.99. The van der Waals surface area contributed by atoms with Gasteiger partial charge in [-0.1, -0.05) is 22.6 Å². The van der Waals surface area contributed by atoms with E-state index in [9.17, 15) is 4.79 Å². The van der Waals surface area contributed by atoms with Crippen molar-refractivity contribution in [1.82, 2.24) is 4.98 Å². The third kappa shape index (κ3) is 6.13. The van der Waals surface area contributed by atoms with Gasteiger partial charge >= 0.3 is 0 Å². The van der Waals surface area contributed by atoms with Crippen LogP contribution in [0.1, 0.15) is 30.6 Å². The summed E-state index contributed by atoms with van der Waals surface area (Å²) in [5.74, 6) is 2.85. The molecular weight excluding hydrogens is 562 g/mol. The van der Waals surface area contributed by atoms with Crippen molar-refractivity contribution in [2.24, 2.45) is 5.16 Å². The third-order valence-corrected chi connectivity index (χ3v) is 7.44. The predicted octanol–water partition coefficient (Wildman–Crippen LogP) is 5.61. The number of ether oxygens (including phenoxy) is 6. The van der Waals surface area contributed by atoms with Crippen molar-refractivity contribution in [3.63, 3.8) is 0 Å². The number of anilines is 1. The van der Waals surface area contributed by atoms with E-state index in [2.05, 4.69) is 15.5 Å². The summed E-state index contributed by atoms with van der Waals surface area (Å²) in [6.45, 7) is 2.26. The van der Waals surface area contributed by atoms with E-state index in [1.54, 1.807) is 33.5 Å². The summed E-state index contributed by atoms with van der Waals surface area (Å²) in [6.07, 6.45) is 0.124. The first-order chi connectivity index (χ1) is 20.5. The zero-order chi connectivity index (χ0) is 29.6. The Balaban J connectivity index is 1.25. The molecular formula is C30H31N3O8S. The molecule has 42 heavy (non-hydrogen) atoms. The van der Waals surface area contributed by atoms with Gasteiger partial charge < -0.3 is 33.3 Å². The van der Waals surface area contributed by atoms with E-state index in [-0.39, 0.29) is 18.6 Å². The highest BCUT2D eigenvalue weighted by Crippen LogP contribution is 2.41. The van der Waals surface area contributed by atoms with Crippen LogP contribution in [0.3, 0.4) is 0 Å². The molecule has 1 unspecified atom stereocenters. The van der Waals surface area contributed by atoms with E-state index in [1.165, 1.54) is 18.4 Å². The molecule has 220 valence electrons. The fraction of sp³-hybridized carbons (Fsp3) is 0.300. The second kappa shape index (κ2) is 12.9. The Morgan fingerprint density at radius 1 is 0.929 bits per heavy atom. The fourth-order valence-electron chi connectivity index (χ4n) is 4.49. The molecule has 0 saturated carbocycles. The van der Waals surface area contributed by atoms with Gasteiger partial charge in [0.25, 0.3) is 5.91 Å². The maximum atomic E-state index is 12.7. The molecule has 0 spiro atoms. The van der Waals surface area contributed by atoms with Gasteiger partial charge in [0.15, 0.2) is 40.8 Å². The van der Waals surface area contributed by atoms with Crippen LogP contribution in [0.15, 0.2) is 53.7 Å². The van der Waals surface area contributed by atoms with Crippen LogP contribution in [0.4, 0.5) is 5.13 Å². The number of thiazole rings is 1. The highest BCUT2D eigenvalue weighted by molar-refractivity contribution is 7.22. The number of carbonyl (C=O) groups is 1. The van der Waals surface area contributed by atoms with Crippen LogP contribution in [0.2, 0.25) is 0 Å². The minimum absolute atomic E-state index is 0.237. The number of benzene rings is 3.